The molecule has 0 amide bonds. The number of hydrogen-bond acceptors (Lipinski definition) is 4. The molecule has 0 aromatic carbocycles. The summed E-state index contributed by atoms with van der Waals surface area (Å²) >= 11 is 0. The maximum Gasteiger partial charge on any atom is 0.285 e. The molecule has 0 fully saturated rings. The third-order valence-electron chi connectivity index (χ3n) is 1.09. The van der Waals surface area contributed by atoms with Gasteiger partial charge in [-0.15, -0.1) is 4.74 Å². The van der Waals surface area contributed by atoms with Crippen LogP contribution < -0.4 is 5.56 Å². The molecule has 0 radical (unpaired) electrons. The summed E-state index contributed by atoms with van der Waals surface area (Å²) in [5.41, 5.74) is -0.381. The highest BCUT2D eigenvalue weighted by atomic mass is 16.6. The Balaban J connectivity index is 2.97. The van der Waals surface area contributed by atoms with Crippen LogP contribution in [0.25, 0.3) is 0 Å². The molecule has 60 valence electrons. The van der Waals surface area contributed by atoms with Gasteiger partial charge in [0.1, 0.15) is 0 Å². The SMILES string of the molecule is COCn1oc(C=O)cc1=O. The average molecular weight is 157 g/mol. The van der Waals surface area contributed by atoms with Crippen molar-refractivity contribution >= 4 is 6.29 Å². The van der Waals surface area contributed by atoms with E-state index in [1.165, 1.54) is 7.11 Å². The van der Waals surface area contributed by atoms with Crippen molar-refractivity contribution in [2.24, 2.45) is 0 Å². The Kier molecular flexibility index (Phi) is 2.22. The Morgan fingerprint density at radius 1 is 1.82 bits per heavy atom. The molecule has 0 spiro atoms. The summed E-state index contributed by atoms with van der Waals surface area (Å²) in [5, 5.41) is 0. The first kappa shape index (κ1) is 7.74. The van der Waals surface area contributed by atoms with E-state index < -0.39 is 0 Å². The van der Waals surface area contributed by atoms with Gasteiger partial charge in [0.25, 0.3) is 5.56 Å². The van der Waals surface area contributed by atoms with E-state index in [4.69, 9.17) is 4.52 Å². The number of rotatable bonds is 3. The van der Waals surface area contributed by atoms with Gasteiger partial charge in [-0.25, -0.2) is 0 Å². The Morgan fingerprint density at radius 2 is 2.55 bits per heavy atom. The highest BCUT2D eigenvalue weighted by Crippen LogP contribution is 1.90. The third kappa shape index (κ3) is 1.56. The maximum absolute atomic E-state index is 10.8. The topological polar surface area (TPSA) is 61.4 Å². The van der Waals surface area contributed by atoms with Crippen LogP contribution in [0.15, 0.2) is 15.4 Å². The van der Waals surface area contributed by atoms with E-state index in [1.807, 2.05) is 0 Å². The summed E-state index contributed by atoms with van der Waals surface area (Å²) in [6.45, 7) is 0.0205. The molecule has 1 aromatic rings. The van der Waals surface area contributed by atoms with Gasteiger partial charge < -0.3 is 9.26 Å². The van der Waals surface area contributed by atoms with E-state index in [0.717, 1.165) is 10.8 Å². The zero-order valence-corrected chi connectivity index (χ0v) is 5.94. The van der Waals surface area contributed by atoms with Crippen LogP contribution in [0.5, 0.6) is 0 Å². The van der Waals surface area contributed by atoms with Crippen LogP contribution in [0.4, 0.5) is 0 Å². The Bertz CT molecular complexity index is 298. The molecular formula is C6H7NO4. The number of nitrogens with zero attached hydrogens (tertiary/aromatic N) is 1. The van der Waals surface area contributed by atoms with Gasteiger partial charge in [0.05, 0.1) is 6.07 Å². The van der Waals surface area contributed by atoms with Crippen molar-refractivity contribution < 1.29 is 14.1 Å². The van der Waals surface area contributed by atoms with Crippen LogP contribution in [-0.2, 0) is 11.5 Å². The number of ether oxygens (including phenoxy) is 1. The van der Waals surface area contributed by atoms with Gasteiger partial charge in [0.2, 0.25) is 5.76 Å². The number of aldehydes is 1. The minimum Gasteiger partial charge on any atom is -0.371 e. The fourth-order valence-electron chi connectivity index (χ4n) is 0.655. The predicted molar refractivity (Wildman–Crippen MR) is 35.4 cm³/mol. The van der Waals surface area contributed by atoms with E-state index in [0.29, 0.717) is 6.29 Å². The molecule has 1 rings (SSSR count). The van der Waals surface area contributed by atoms with E-state index in [1.54, 1.807) is 0 Å². The van der Waals surface area contributed by atoms with E-state index >= 15 is 0 Å². The van der Waals surface area contributed by atoms with Crippen LogP contribution in [0, 0.1) is 0 Å². The summed E-state index contributed by atoms with van der Waals surface area (Å²) in [5.74, 6) is 0.00653. The Labute approximate surface area is 62.1 Å². The maximum atomic E-state index is 10.8. The van der Waals surface area contributed by atoms with Gasteiger partial charge in [0.15, 0.2) is 13.0 Å². The van der Waals surface area contributed by atoms with Crippen molar-refractivity contribution in [3.05, 3.63) is 22.2 Å². The normalized spacial score (nSPS) is 9.91. The van der Waals surface area contributed by atoms with E-state index in [2.05, 4.69) is 4.74 Å². The van der Waals surface area contributed by atoms with Gasteiger partial charge in [0, 0.05) is 7.11 Å². The Morgan fingerprint density at radius 3 is 3.00 bits per heavy atom. The number of aromatic nitrogens is 1. The highest BCUT2D eigenvalue weighted by molar-refractivity contribution is 5.69. The summed E-state index contributed by atoms with van der Waals surface area (Å²) in [7, 11) is 1.43. The summed E-state index contributed by atoms with van der Waals surface area (Å²) in [6, 6.07) is 1.10. The minimum absolute atomic E-state index is 0.00653. The molecule has 0 unspecified atom stereocenters. The first-order valence-electron chi connectivity index (χ1n) is 2.93. The fraction of sp³-hybridized carbons (Fsp3) is 0.333. The molecule has 5 heteroatoms. The molecule has 0 bridgehead atoms. The van der Waals surface area contributed by atoms with Gasteiger partial charge in [-0.3, -0.25) is 9.59 Å². The second-order valence-corrected chi connectivity index (χ2v) is 1.89. The second kappa shape index (κ2) is 3.16. The number of carbonyl (C=O) groups excluding carboxylic acids is 1. The van der Waals surface area contributed by atoms with Crippen LogP contribution in [-0.4, -0.2) is 18.1 Å². The molecule has 0 atom stereocenters. The lowest BCUT2D eigenvalue weighted by atomic mass is 10.5. The van der Waals surface area contributed by atoms with Crippen molar-refractivity contribution in [2.75, 3.05) is 7.11 Å². The molecule has 1 heterocycles. The summed E-state index contributed by atoms with van der Waals surface area (Å²) in [6.07, 6.45) is 0.466. The van der Waals surface area contributed by atoms with Crippen molar-refractivity contribution in [1.82, 2.24) is 4.74 Å². The lowest BCUT2D eigenvalue weighted by Gasteiger charge is -1.94. The second-order valence-electron chi connectivity index (χ2n) is 1.89. The van der Waals surface area contributed by atoms with Gasteiger partial charge >= 0.3 is 0 Å². The van der Waals surface area contributed by atoms with Gasteiger partial charge in [-0.05, 0) is 0 Å². The highest BCUT2D eigenvalue weighted by Gasteiger charge is 2.02. The van der Waals surface area contributed by atoms with Crippen molar-refractivity contribution in [3.8, 4) is 0 Å². The van der Waals surface area contributed by atoms with Crippen LogP contribution >= 0.6 is 0 Å². The lowest BCUT2D eigenvalue weighted by Crippen LogP contribution is -2.13. The molecule has 0 N–H and O–H groups in total. The molecule has 0 aliphatic rings. The van der Waals surface area contributed by atoms with Crippen LogP contribution in [0.3, 0.4) is 0 Å². The lowest BCUT2D eigenvalue weighted by molar-refractivity contribution is 0.0545. The fourth-order valence-corrected chi connectivity index (χ4v) is 0.655. The van der Waals surface area contributed by atoms with Crippen molar-refractivity contribution in [2.45, 2.75) is 6.73 Å². The number of carbonyl (C=O) groups is 1. The quantitative estimate of drug-likeness (QED) is 0.573. The van der Waals surface area contributed by atoms with E-state index in [9.17, 15) is 9.59 Å². The van der Waals surface area contributed by atoms with Gasteiger partial charge in [-0.2, -0.15) is 0 Å². The van der Waals surface area contributed by atoms with Crippen LogP contribution in [0.1, 0.15) is 10.6 Å². The molecule has 1 aromatic heterocycles. The molecule has 11 heavy (non-hydrogen) atoms. The zero-order chi connectivity index (χ0) is 8.27. The standard InChI is InChI=1S/C6H7NO4/c1-10-4-7-6(9)2-5(3-8)11-7/h2-3H,4H2,1H3. The molecule has 0 aliphatic heterocycles. The van der Waals surface area contributed by atoms with Crippen molar-refractivity contribution in [1.29, 1.82) is 0 Å². The first-order chi connectivity index (χ1) is 5.27. The number of methoxy groups -OCH3 is 1. The average Bonchev–Trinajstić information content (AvgIpc) is 2.33. The molecular weight excluding hydrogens is 150 g/mol. The summed E-state index contributed by atoms with van der Waals surface area (Å²) in [4.78, 5) is 20.9. The van der Waals surface area contributed by atoms with Crippen LogP contribution in [0.2, 0.25) is 0 Å². The first-order valence-corrected chi connectivity index (χ1v) is 2.93. The summed E-state index contributed by atoms with van der Waals surface area (Å²) < 4.78 is 10.3. The minimum atomic E-state index is -0.381. The Hall–Kier alpha value is -1.36. The molecule has 0 aliphatic carbocycles. The molecule has 5 nitrogen and oxygen atoms in total. The molecule has 0 saturated carbocycles. The van der Waals surface area contributed by atoms with Crippen molar-refractivity contribution in [3.63, 3.8) is 0 Å². The molecule has 0 saturated heterocycles. The third-order valence-corrected chi connectivity index (χ3v) is 1.09. The zero-order valence-electron chi connectivity index (χ0n) is 5.94. The number of hydrogen-bond donors (Lipinski definition) is 0. The monoisotopic (exact) mass is 157 g/mol. The largest absolute Gasteiger partial charge is 0.371 e. The van der Waals surface area contributed by atoms with E-state index in [-0.39, 0.29) is 18.1 Å². The van der Waals surface area contributed by atoms with Gasteiger partial charge in [-0.1, -0.05) is 0 Å². The smallest absolute Gasteiger partial charge is 0.285 e. The predicted octanol–water partition coefficient (Wildman–Crippen LogP) is -0.142.